The Morgan fingerprint density at radius 2 is 2.04 bits per heavy atom. The molecule has 1 aliphatic carbocycles. The molecule has 0 aliphatic heterocycles. The highest BCUT2D eigenvalue weighted by molar-refractivity contribution is 5.94. The Morgan fingerprint density at radius 1 is 1.33 bits per heavy atom. The summed E-state index contributed by atoms with van der Waals surface area (Å²) >= 11 is 0. The van der Waals surface area contributed by atoms with Crippen LogP contribution in [0.5, 0.6) is 5.75 Å². The minimum Gasteiger partial charge on any atom is -0.484 e. The van der Waals surface area contributed by atoms with E-state index in [0.717, 1.165) is 18.7 Å². The van der Waals surface area contributed by atoms with Gasteiger partial charge >= 0.3 is 0 Å². The average Bonchev–Trinajstić information content (AvgIpc) is 3.32. The van der Waals surface area contributed by atoms with Gasteiger partial charge in [0.15, 0.2) is 12.4 Å². The Hall–Kier alpha value is -2.63. The van der Waals surface area contributed by atoms with Gasteiger partial charge in [-0.25, -0.2) is 4.98 Å². The first-order valence-electron chi connectivity index (χ1n) is 8.05. The fourth-order valence-electron chi connectivity index (χ4n) is 2.65. The number of hydrogen-bond acceptors (Lipinski definition) is 4. The standard InChI is InChI=1S/C18H21N3O3/c1-12(22)13-5-7-15(8-6-13)24-11-16(23)20-17(14-3-4-14)18-19-9-10-21(18)2/h5-10,14,17H,3-4,11H2,1-2H3,(H,20,23)/t17-/m0/s1. The van der Waals surface area contributed by atoms with Gasteiger partial charge in [-0.1, -0.05) is 0 Å². The molecule has 1 aromatic carbocycles. The Balaban J connectivity index is 1.56. The number of imidazole rings is 1. The summed E-state index contributed by atoms with van der Waals surface area (Å²) in [5.41, 5.74) is 0.621. The summed E-state index contributed by atoms with van der Waals surface area (Å²) in [5, 5.41) is 3.02. The van der Waals surface area contributed by atoms with Crippen molar-refractivity contribution in [3.05, 3.63) is 48.0 Å². The number of rotatable bonds is 7. The Morgan fingerprint density at radius 3 is 2.58 bits per heavy atom. The lowest BCUT2D eigenvalue weighted by Crippen LogP contribution is -2.35. The van der Waals surface area contributed by atoms with Gasteiger partial charge in [0.05, 0.1) is 6.04 Å². The maximum atomic E-state index is 12.2. The SMILES string of the molecule is CC(=O)c1ccc(OCC(=O)N[C@H](c2nccn2C)C2CC2)cc1. The molecule has 6 nitrogen and oxygen atoms in total. The van der Waals surface area contributed by atoms with Crippen LogP contribution in [0.25, 0.3) is 0 Å². The first-order valence-corrected chi connectivity index (χ1v) is 8.05. The molecule has 1 saturated carbocycles. The number of benzene rings is 1. The fraction of sp³-hybridized carbons (Fsp3) is 0.389. The number of hydrogen-bond donors (Lipinski definition) is 1. The second-order valence-corrected chi connectivity index (χ2v) is 6.15. The number of amides is 1. The summed E-state index contributed by atoms with van der Waals surface area (Å²) in [6.07, 6.45) is 5.82. The molecule has 24 heavy (non-hydrogen) atoms. The summed E-state index contributed by atoms with van der Waals surface area (Å²) in [6.45, 7) is 1.45. The normalized spacial score (nSPS) is 14.9. The summed E-state index contributed by atoms with van der Waals surface area (Å²) < 4.78 is 7.44. The molecule has 1 atom stereocenters. The molecule has 126 valence electrons. The largest absolute Gasteiger partial charge is 0.484 e. The van der Waals surface area contributed by atoms with E-state index in [0.29, 0.717) is 17.2 Å². The molecular formula is C18H21N3O3. The number of aryl methyl sites for hydroxylation is 1. The number of aromatic nitrogens is 2. The predicted octanol–water partition coefficient (Wildman–Crippen LogP) is 2.27. The molecule has 0 radical (unpaired) electrons. The van der Waals surface area contributed by atoms with Crippen molar-refractivity contribution in [3.63, 3.8) is 0 Å². The lowest BCUT2D eigenvalue weighted by Gasteiger charge is -2.18. The lowest BCUT2D eigenvalue weighted by atomic mass is 10.1. The minimum absolute atomic E-state index is 0.00151. The Kier molecular flexibility index (Phi) is 4.64. The van der Waals surface area contributed by atoms with Crippen LogP contribution in [0.2, 0.25) is 0 Å². The monoisotopic (exact) mass is 327 g/mol. The topological polar surface area (TPSA) is 73.2 Å². The third-order valence-electron chi connectivity index (χ3n) is 4.18. The molecule has 1 aromatic heterocycles. The average molecular weight is 327 g/mol. The molecule has 1 N–H and O–H groups in total. The van der Waals surface area contributed by atoms with Crippen LogP contribution in [-0.2, 0) is 11.8 Å². The highest BCUT2D eigenvalue weighted by atomic mass is 16.5. The lowest BCUT2D eigenvalue weighted by molar-refractivity contribution is -0.124. The number of nitrogens with zero attached hydrogens (tertiary/aromatic N) is 2. The van der Waals surface area contributed by atoms with Crippen molar-refractivity contribution in [2.75, 3.05) is 6.61 Å². The molecule has 0 saturated heterocycles. The molecule has 0 spiro atoms. The van der Waals surface area contributed by atoms with Crippen molar-refractivity contribution in [1.82, 2.24) is 14.9 Å². The van der Waals surface area contributed by atoms with Gasteiger partial charge in [0.25, 0.3) is 5.91 Å². The molecule has 1 heterocycles. The smallest absolute Gasteiger partial charge is 0.258 e. The van der Waals surface area contributed by atoms with Crippen LogP contribution in [0.4, 0.5) is 0 Å². The van der Waals surface area contributed by atoms with Gasteiger partial charge in [-0.3, -0.25) is 9.59 Å². The van der Waals surface area contributed by atoms with Crippen LogP contribution in [0, 0.1) is 5.92 Å². The zero-order valence-corrected chi connectivity index (χ0v) is 13.9. The van der Waals surface area contributed by atoms with Crippen LogP contribution in [0.1, 0.15) is 42.0 Å². The zero-order chi connectivity index (χ0) is 17.1. The molecule has 0 bridgehead atoms. The second kappa shape index (κ2) is 6.86. The number of ketones is 1. The maximum absolute atomic E-state index is 12.2. The third-order valence-corrected chi connectivity index (χ3v) is 4.18. The highest BCUT2D eigenvalue weighted by Crippen LogP contribution is 2.40. The van der Waals surface area contributed by atoms with Crippen LogP contribution in [-0.4, -0.2) is 27.8 Å². The second-order valence-electron chi connectivity index (χ2n) is 6.15. The van der Waals surface area contributed by atoms with Crippen molar-refractivity contribution in [2.24, 2.45) is 13.0 Å². The van der Waals surface area contributed by atoms with Gasteiger partial charge in [-0.2, -0.15) is 0 Å². The molecule has 0 unspecified atom stereocenters. The van der Waals surface area contributed by atoms with E-state index in [2.05, 4.69) is 10.3 Å². The zero-order valence-electron chi connectivity index (χ0n) is 13.9. The summed E-state index contributed by atoms with van der Waals surface area (Å²) in [5.74, 6) is 1.71. The van der Waals surface area contributed by atoms with E-state index in [1.807, 2.05) is 17.8 Å². The highest BCUT2D eigenvalue weighted by Gasteiger charge is 2.35. The first kappa shape index (κ1) is 16.2. The molecular weight excluding hydrogens is 306 g/mol. The van der Waals surface area contributed by atoms with Crippen LogP contribution >= 0.6 is 0 Å². The van der Waals surface area contributed by atoms with E-state index in [9.17, 15) is 9.59 Å². The predicted molar refractivity (Wildman–Crippen MR) is 88.8 cm³/mol. The van der Waals surface area contributed by atoms with Gasteiger partial charge in [0, 0.05) is 25.0 Å². The molecule has 1 amide bonds. The van der Waals surface area contributed by atoms with Crippen LogP contribution in [0.15, 0.2) is 36.7 Å². The first-order chi connectivity index (χ1) is 11.5. The van der Waals surface area contributed by atoms with Crippen molar-refractivity contribution >= 4 is 11.7 Å². The van der Waals surface area contributed by atoms with Crippen molar-refractivity contribution in [2.45, 2.75) is 25.8 Å². The van der Waals surface area contributed by atoms with Gasteiger partial charge in [0.1, 0.15) is 11.6 Å². The van der Waals surface area contributed by atoms with E-state index < -0.39 is 0 Å². The van der Waals surface area contributed by atoms with Crippen LogP contribution in [0.3, 0.4) is 0 Å². The van der Waals surface area contributed by atoms with Gasteiger partial charge < -0.3 is 14.6 Å². The summed E-state index contributed by atoms with van der Waals surface area (Å²) in [7, 11) is 1.93. The number of Topliss-reactive ketones (excluding diaryl/α,β-unsaturated/α-hetero) is 1. The Labute approximate surface area is 140 Å². The molecule has 2 aromatic rings. The molecule has 1 fully saturated rings. The van der Waals surface area contributed by atoms with Crippen molar-refractivity contribution < 1.29 is 14.3 Å². The quantitative estimate of drug-likeness (QED) is 0.792. The van der Waals surface area contributed by atoms with Gasteiger partial charge in [-0.15, -0.1) is 0 Å². The molecule has 3 rings (SSSR count). The number of ether oxygens (including phenoxy) is 1. The van der Waals surface area contributed by atoms with E-state index in [1.54, 1.807) is 30.5 Å². The van der Waals surface area contributed by atoms with E-state index in [-0.39, 0.29) is 24.3 Å². The van der Waals surface area contributed by atoms with E-state index in [1.165, 1.54) is 6.92 Å². The fourth-order valence-corrected chi connectivity index (χ4v) is 2.65. The number of nitrogens with one attached hydrogen (secondary N) is 1. The number of carbonyl (C=O) groups excluding carboxylic acids is 2. The summed E-state index contributed by atoms with van der Waals surface area (Å²) in [4.78, 5) is 27.8. The van der Waals surface area contributed by atoms with Crippen molar-refractivity contribution in [1.29, 1.82) is 0 Å². The maximum Gasteiger partial charge on any atom is 0.258 e. The third kappa shape index (κ3) is 3.82. The van der Waals surface area contributed by atoms with E-state index in [4.69, 9.17) is 4.74 Å². The number of carbonyl (C=O) groups is 2. The van der Waals surface area contributed by atoms with Crippen LogP contribution < -0.4 is 10.1 Å². The molecule has 6 heteroatoms. The van der Waals surface area contributed by atoms with E-state index >= 15 is 0 Å². The summed E-state index contributed by atoms with van der Waals surface area (Å²) in [6, 6.07) is 6.70. The Bertz CT molecular complexity index is 732. The van der Waals surface area contributed by atoms with Crippen molar-refractivity contribution in [3.8, 4) is 5.75 Å². The molecule has 1 aliphatic rings. The minimum atomic E-state index is -0.175. The van der Waals surface area contributed by atoms with Gasteiger partial charge in [0.2, 0.25) is 0 Å². The van der Waals surface area contributed by atoms with Gasteiger partial charge in [-0.05, 0) is 49.9 Å².